The van der Waals surface area contributed by atoms with Gasteiger partial charge in [0.05, 0.1) is 22.7 Å². The molecule has 110 valence electrons. The number of aliphatic hydroxyl groups is 1. The Morgan fingerprint density at radius 2 is 2.24 bits per heavy atom. The van der Waals surface area contributed by atoms with Gasteiger partial charge in [-0.25, -0.2) is 0 Å². The summed E-state index contributed by atoms with van der Waals surface area (Å²) in [6, 6.07) is 3.99. The van der Waals surface area contributed by atoms with Crippen molar-refractivity contribution in [1.82, 2.24) is 15.1 Å². The zero-order valence-electron chi connectivity index (χ0n) is 12.0. The smallest absolute Gasteiger partial charge is 0.229 e. The second-order valence-electron chi connectivity index (χ2n) is 5.53. The fraction of sp³-hybridized carbons (Fsp3) is 0.400. The van der Waals surface area contributed by atoms with E-state index in [9.17, 15) is 5.11 Å². The van der Waals surface area contributed by atoms with Crippen LogP contribution in [0.3, 0.4) is 0 Å². The minimum atomic E-state index is -0.448. The summed E-state index contributed by atoms with van der Waals surface area (Å²) < 4.78 is 6.32. The molecule has 3 rings (SSSR count). The summed E-state index contributed by atoms with van der Waals surface area (Å²) >= 11 is 1.63. The molecule has 1 unspecified atom stereocenters. The predicted octanol–water partition coefficient (Wildman–Crippen LogP) is 3.30. The van der Waals surface area contributed by atoms with Crippen LogP contribution in [0.25, 0.3) is 21.6 Å². The lowest BCUT2D eigenvalue weighted by Crippen LogP contribution is -2.13. The van der Waals surface area contributed by atoms with E-state index in [-0.39, 0.29) is 0 Å². The van der Waals surface area contributed by atoms with E-state index in [0.29, 0.717) is 24.1 Å². The van der Waals surface area contributed by atoms with Crippen LogP contribution < -0.4 is 0 Å². The highest BCUT2D eigenvalue weighted by molar-refractivity contribution is 7.17. The summed E-state index contributed by atoms with van der Waals surface area (Å²) in [5, 5.41) is 15.9. The minimum Gasteiger partial charge on any atom is -0.393 e. The lowest BCUT2D eigenvalue weighted by Gasteiger charge is -2.09. The zero-order valence-corrected chi connectivity index (χ0v) is 12.8. The van der Waals surface area contributed by atoms with Gasteiger partial charge in [-0.15, -0.1) is 11.3 Å². The second kappa shape index (κ2) is 5.91. The summed E-state index contributed by atoms with van der Waals surface area (Å²) in [7, 11) is 0. The van der Waals surface area contributed by atoms with Crippen LogP contribution in [0, 0.1) is 5.92 Å². The van der Waals surface area contributed by atoms with Gasteiger partial charge in [0.15, 0.2) is 0 Å². The van der Waals surface area contributed by atoms with E-state index >= 15 is 0 Å². The predicted molar refractivity (Wildman–Crippen MR) is 82.1 cm³/mol. The monoisotopic (exact) mass is 303 g/mol. The Hall–Kier alpha value is -1.79. The largest absolute Gasteiger partial charge is 0.393 e. The van der Waals surface area contributed by atoms with Gasteiger partial charge in [-0.1, -0.05) is 19.0 Å². The van der Waals surface area contributed by atoms with Crippen LogP contribution in [-0.2, 0) is 6.42 Å². The van der Waals surface area contributed by atoms with Crippen LogP contribution in [0.15, 0.2) is 28.2 Å². The molecule has 0 aromatic carbocycles. The lowest BCUT2D eigenvalue weighted by molar-refractivity contribution is 0.138. The highest BCUT2D eigenvalue weighted by atomic mass is 32.1. The molecular formula is C15H17N3O2S. The molecule has 0 aliphatic rings. The molecule has 1 atom stereocenters. The van der Waals surface area contributed by atoms with E-state index in [1.54, 1.807) is 17.5 Å². The van der Waals surface area contributed by atoms with E-state index in [4.69, 9.17) is 4.52 Å². The van der Waals surface area contributed by atoms with Gasteiger partial charge in [0.1, 0.15) is 0 Å². The molecule has 6 heteroatoms. The van der Waals surface area contributed by atoms with Gasteiger partial charge in [0.2, 0.25) is 11.7 Å². The number of fused-ring (bicyclic) bond motifs is 1. The van der Waals surface area contributed by atoms with E-state index in [0.717, 1.165) is 22.2 Å². The highest BCUT2D eigenvalue weighted by Crippen LogP contribution is 2.24. The Bertz CT molecular complexity index is 735. The number of pyridine rings is 1. The van der Waals surface area contributed by atoms with E-state index < -0.39 is 6.10 Å². The number of nitrogens with zero attached hydrogens (tertiary/aromatic N) is 3. The van der Waals surface area contributed by atoms with Crippen molar-refractivity contribution in [3.8, 4) is 11.4 Å². The minimum absolute atomic E-state index is 0.389. The quantitative estimate of drug-likeness (QED) is 0.783. The lowest BCUT2D eigenvalue weighted by atomic mass is 10.0. The van der Waals surface area contributed by atoms with Gasteiger partial charge in [-0.3, -0.25) is 4.98 Å². The number of thiophene rings is 1. The van der Waals surface area contributed by atoms with Crippen molar-refractivity contribution in [2.75, 3.05) is 0 Å². The first-order valence-corrected chi connectivity index (χ1v) is 7.84. The first kappa shape index (κ1) is 14.2. The Kier molecular flexibility index (Phi) is 3.98. The fourth-order valence-electron chi connectivity index (χ4n) is 2.25. The molecule has 0 radical (unpaired) electrons. The van der Waals surface area contributed by atoms with Crippen molar-refractivity contribution in [2.45, 2.75) is 32.8 Å². The number of rotatable bonds is 5. The molecule has 21 heavy (non-hydrogen) atoms. The van der Waals surface area contributed by atoms with Crippen molar-refractivity contribution >= 4 is 21.6 Å². The van der Waals surface area contributed by atoms with Crippen LogP contribution in [0.5, 0.6) is 0 Å². The van der Waals surface area contributed by atoms with Gasteiger partial charge in [-0.05, 0) is 29.9 Å². The molecule has 3 heterocycles. The Balaban J connectivity index is 1.77. The molecule has 1 N–H and O–H groups in total. The molecule has 0 bridgehead atoms. The fourth-order valence-corrected chi connectivity index (χ4v) is 3.03. The molecular weight excluding hydrogens is 286 g/mol. The molecule has 5 nitrogen and oxygen atoms in total. The number of hydrogen-bond donors (Lipinski definition) is 1. The third-order valence-corrected chi connectivity index (χ3v) is 4.04. The van der Waals surface area contributed by atoms with Crippen molar-refractivity contribution < 1.29 is 9.63 Å². The summed E-state index contributed by atoms with van der Waals surface area (Å²) in [5.41, 5.74) is 1.80. The second-order valence-corrected chi connectivity index (χ2v) is 6.47. The van der Waals surface area contributed by atoms with Crippen LogP contribution in [-0.4, -0.2) is 26.3 Å². The SMILES string of the molecule is CC(C)CC(O)Cc1nc(-c2cnc3ccsc3c2)no1. The molecule has 3 aromatic rings. The third-order valence-electron chi connectivity index (χ3n) is 3.18. The molecule has 0 aliphatic carbocycles. The summed E-state index contributed by atoms with van der Waals surface area (Å²) in [5.74, 6) is 1.42. The van der Waals surface area contributed by atoms with Crippen LogP contribution in [0.1, 0.15) is 26.2 Å². The Morgan fingerprint density at radius 3 is 3.05 bits per heavy atom. The van der Waals surface area contributed by atoms with Crippen molar-refractivity contribution in [3.05, 3.63) is 29.6 Å². The van der Waals surface area contributed by atoms with Crippen LogP contribution in [0.4, 0.5) is 0 Å². The van der Waals surface area contributed by atoms with Crippen molar-refractivity contribution in [2.24, 2.45) is 5.92 Å². The molecule has 0 fully saturated rings. The normalized spacial score (nSPS) is 13.1. The van der Waals surface area contributed by atoms with Gasteiger partial charge in [-0.2, -0.15) is 4.98 Å². The summed E-state index contributed by atoms with van der Waals surface area (Å²) in [6.45, 7) is 4.15. The maximum Gasteiger partial charge on any atom is 0.229 e. The van der Waals surface area contributed by atoms with Crippen molar-refractivity contribution in [3.63, 3.8) is 0 Å². The number of aromatic nitrogens is 3. The molecule has 0 aliphatic heterocycles. The number of aliphatic hydroxyl groups excluding tert-OH is 1. The Labute approximate surface area is 126 Å². The molecule has 0 spiro atoms. The van der Waals surface area contributed by atoms with Crippen LogP contribution in [0.2, 0.25) is 0 Å². The van der Waals surface area contributed by atoms with Gasteiger partial charge in [0.25, 0.3) is 0 Å². The number of hydrogen-bond acceptors (Lipinski definition) is 6. The molecule has 3 aromatic heterocycles. The molecule has 0 saturated heterocycles. The van der Waals surface area contributed by atoms with Gasteiger partial charge < -0.3 is 9.63 Å². The van der Waals surface area contributed by atoms with E-state index in [2.05, 4.69) is 29.0 Å². The summed E-state index contributed by atoms with van der Waals surface area (Å²) in [6.07, 6.45) is 2.41. The Morgan fingerprint density at radius 1 is 1.38 bits per heavy atom. The van der Waals surface area contributed by atoms with Gasteiger partial charge >= 0.3 is 0 Å². The van der Waals surface area contributed by atoms with Gasteiger partial charge in [0, 0.05) is 11.8 Å². The maximum absolute atomic E-state index is 9.93. The van der Waals surface area contributed by atoms with E-state index in [1.165, 1.54) is 0 Å². The average Bonchev–Trinajstić information content (AvgIpc) is 3.04. The standard InChI is InChI=1S/C15H17N3O2S/c1-9(2)5-11(19)7-14-17-15(18-20-14)10-6-13-12(16-8-10)3-4-21-13/h3-4,6,8-9,11,19H,5,7H2,1-2H3. The van der Waals surface area contributed by atoms with Crippen LogP contribution >= 0.6 is 11.3 Å². The zero-order chi connectivity index (χ0) is 14.8. The topological polar surface area (TPSA) is 72.0 Å². The van der Waals surface area contributed by atoms with E-state index in [1.807, 2.05) is 17.5 Å². The maximum atomic E-state index is 9.93. The molecule has 0 amide bonds. The summed E-state index contributed by atoms with van der Waals surface area (Å²) in [4.78, 5) is 8.71. The average molecular weight is 303 g/mol. The van der Waals surface area contributed by atoms with Crippen molar-refractivity contribution in [1.29, 1.82) is 0 Å². The first-order chi connectivity index (χ1) is 10.1. The third kappa shape index (κ3) is 3.28. The first-order valence-electron chi connectivity index (χ1n) is 6.96. The molecule has 0 saturated carbocycles. The highest BCUT2D eigenvalue weighted by Gasteiger charge is 2.15.